The van der Waals surface area contributed by atoms with Gasteiger partial charge in [0, 0.05) is 19.7 Å². The maximum atomic E-state index is 11.5. The normalized spacial score (nSPS) is 11.5. The molecule has 0 radical (unpaired) electrons. The quantitative estimate of drug-likeness (QED) is 0.663. The Bertz CT molecular complexity index is 468. The van der Waals surface area contributed by atoms with Gasteiger partial charge in [-0.2, -0.15) is 5.26 Å². The van der Waals surface area contributed by atoms with Gasteiger partial charge in [0.1, 0.15) is 11.8 Å². The molecule has 0 aromatic heterocycles. The van der Waals surface area contributed by atoms with Crippen molar-refractivity contribution in [3.8, 4) is 11.8 Å². The average molecular weight is 291 g/mol. The topological polar surface area (TPSA) is 83.4 Å². The molecule has 0 saturated heterocycles. The zero-order valence-electron chi connectivity index (χ0n) is 12.4. The van der Waals surface area contributed by atoms with Gasteiger partial charge < -0.3 is 20.1 Å². The number of hydrogen-bond acceptors (Lipinski definition) is 5. The lowest BCUT2D eigenvalue weighted by Gasteiger charge is -2.14. The summed E-state index contributed by atoms with van der Waals surface area (Å²) in [5.41, 5.74) is 1.05. The Morgan fingerprint density at radius 2 is 2.10 bits per heavy atom. The molecule has 1 amide bonds. The Labute approximate surface area is 125 Å². The standard InChI is InChI=1S/C15H21N3O3/c1-12(18-11-15(19)17-8-10-20-2)13-3-5-14(6-4-13)21-9-7-16/h3-6,12,18H,8-11H2,1-2H3,(H,17,19). The molecule has 114 valence electrons. The van der Waals surface area contributed by atoms with E-state index in [0.717, 1.165) is 5.56 Å². The average Bonchev–Trinajstić information content (AvgIpc) is 2.51. The van der Waals surface area contributed by atoms with E-state index in [2.05, 4.69) is 10.6 Å². The third kappa shape index (κ3) is 6.75. The summed E-state index contributed by atoms with van der Waals surface area (Å²) in [6.45, 7) is 3.28. The van der Waals surface area contributed by atoms with E-state index in [0.29, 0.717) is 18.9 Å². The van der Waals surface area contributed by atoms with E-state index in [1.54, 1.807) is 7.11 Å². The van der Waals surface area contributed by atoms with Crippen molar-refractivity contribution in [3.63, 3.8) is 0 Å². The van der Waals surface area contributed by atoms with E-state index < -0.39 is 0 Å². The fourth-order valence-corrected chi connectivity index (χ4v) is 1.69. The minimum atomic E-state index is -0.0622. The number of amides is 1. The Hall–Kier alpha value is -2.10. The van der Waals surface area contributed by atoms with E-state index >= 15 is 0 Å². The molecule has 0 spiro atoms. The molecule has 2 N–H and O–H groups in total. The van der Waals surface area contributed by atoms with E-state index in [1.165, 1.54) is 0 Å². The van der Waals surface area contributed by atoms with Gasteiger partial charge in [0.25, 0.3) is 0 Å². The van der Waals surface area contributed by atoms with Crippen molar-refractivity contribution in [2.75, 3.05) is 33.4 Å². The molecule has 0 bridgehead atoms. The molecule has 6 nitrogen and oxygen atoms in total. The van der Waals surface area contributed by atoms with E-state index in [1.807, 2.05) is 37.3 Å². The number of nitrogens with one attached hydrogen (secondary N) is 2. The highest BCUT2D eigenvalue weighted by Crippen LogP contribution is 2.17. The van der Waals surface area contributed by atoms with Crippen LogP contribution < -0.4 is 15.4 Å². The molecular formula is C15H21N3O3. The number of nitrogens with zero attached hydrogens (tertiary/aromatic N) is 1. The van der Waals surface area contributed by atoms with Crippen molar-refractivity contribution < 1.29 is 14.3 Å². The summed E-state index contributed by atoms with van der Waals surface area (Å²) in [4.78, 5) is 11.5. The summed E-state index contributed by atoms with van der Waals surface area (Å²) in [6, 6.07) is 9.40. The van der Waals surface area contributed by atoms with Crippen molar-refractivity contribution >= 4 is 5.91 Å². The molecule has 6 heteroatoms. The van der Waals surface area contributed by atoms with Crippen molar-refractivity contribution in [1.29, 1.82) is 5.26 Å². The van der Waals surface area contributed by atoms with E-state index in [9.17, 15) is 4.79 Å². The first kappa shape index (κ1) is 17.0. The van der Waals surface area contributed by atoms with Crippen molar-refractivity contribution in [1.82, 2.24) is 10.6 Å². The van der Waals surface area contributed by atoms with Gasteiger partial charge in [0.05, 0.1) is 13.2 Å². The second-order valence-corrected chi connectivity index (χ2v) is 4.46. The van der Waals surface area contributed by atoms with E-state index in [4.69, 9.17) is 14.7 Å². The van der Waals surface area contributed by atoms with Crippen LogP contribution >= 0.6 is 0 Å². The molecule has 1 aromatic rings. The van der Waals surface area contributed by atoms with Gasteiger partial charge in [0.15, 0.2) is 6.61 Å². The number of carbonyl (C=O) groups is 1. The van der Waals surface area contributed by atoms with Crippen LogP contribution in [0.4, 0.5) is 0 Å². The second-order valence-electron chi connectivity index (χ2n) is 4.46. The lowest BCUT2D eigenvalue weighted by Crippen LogP contribution is -2.36. The molecule has 21 heavy (non-hydrogen) atoms. The predicted octanol–water partition coefficient (Wildman–Crippen LogP) is 1.00. The first-order valence-electron chi connectivity index (χ1n) is 6.76. The number of methoxy groups -OCH3 is 1. The first-order valence-corrected chi connectivity index (χ1v) is 6.76. The van der Waals surface area contributed by atoms with Crippen molar-refractivity contribution in [2.45, 2.75) is 13.0 Å². The Morgan fingerprint density at radius 3 is 2.71 bits per heavy atom. The highest BCUT2D eigenvalue weighted by atomic mass is 16.5. The maximum absolute atomic E-state index is 11.5. The van der Waals surface area contributed by atoms with Gasteiger partial charge >= 0.3 is 0 Å². The third-order valence-corrected chi connectivity index (χ3v) is 2.88. The van der Waals surface area contributed by atoms with Gasteiger partial charge in [-0.25, -0.2) is 0 Å². The summed E-state index contributed by atoms with van der Waals surface area (Å²) in [5, 5.41) is 14.3. The fourth-order valence-electron chi connectivity index (χ4n) is 1.69. The van der Waals surface area contributed by atoms with Crippen LogP contribution in [0, 0.1) is 11.3 Å². The summed E-state index contributed by atoms with van der Waals surface area (Å²) < 4.78 is 10.0. The number of benzene rings is 1. The molecule has 0 aliphatic rings. The SMILES string of the molecule is COCCNC(=O)CNC(C)c1ccc(OCC#N)cc1. The lowest BCUT2D eigenvalue weighted by atomic mass is 10.1. The fraction of sp³-hybridized carbons (Fsp3) is 0.467. The number of carbonyl (C=O) groups excluding carboxylic acids is 1. The summed E-state index contributed by atoms with van der Waals surface area (Å²) >= 11 is 0. The summed E-state index contributed by atoms with van der Waals surface area (Å²) in [7, 11) is 1.59. The van der Waals surface area contributed by atoms with Crippen molar-refractivity contribution in [3.05, 3.63) is 29.8 Å². The van der Waals surface area contributed by atoms with Gasteiger partial charge in [0.2, 0.25) is 5.91 Å². The molecule has 0 fully saturated rings. The Morgan fingerprint density at radius 1 is 1.38 bits per heavy atom. The highest BCUT2D eigenvalue weighted by Gasteiger charge is 2.07. The maximum Gasteiger partial charge on any atom is 0.234 e. The minimum Gasteiger partial charge on any atom is -0.479 e. The van der Waals surface area contributed by atoms with Crippen LogP contribution in [-0.2, 0) is 9.53 Å². The molecule has 1 unspecified atom stereocenters. The monoisotopic (exact) mass is 291 g/mol. The van der Waals surface area contributed by atoms with Crippen LogP contribution in [0.1, 0.15) is 18.5 Å². The number of hydrogen-bond donors (Lipinski definition) is 2. The van der Waals surface area contributed by atoms with Crippen LogP contribution in [0.5, 0.6) is 5.75 Å². The number of nitriles is 1. The number of rotatable bonds is 9. The van der Waals surface area contributed by atoms with Crippen LogP contribution in [0.25, 0.3) is 0 Å². The second kappa shape index (κ2) is 9.75. The van der Waals surface area contributed by atoms with Gasteiger partial charge in [-0.05, 0) is 24.6 Å². The molecular weight excluding hydrogens is 270 g/mol. The third-order valence-electron chi connectivity index (χ3n) is 2.88. The highest BCUT2D eigenvalue weighted by molar-refractivity contribution is 5.78. The first-order chi connectivity index (χ1) is 10.2. The van der Waals surface area contributed by atoms with Crippen molar-refractivity contribution in [2.24, 2.45) is 0 Å². The molecule has 1 rings (SSSR count). The lowest BCUT2D eigenvalue weighted by molar-refractivity contribution is -0.120. The summed E-state index contributed by atoms with van der Waals surface area (Å²) in [6.07, 6.45) is 0. The van der Waals surface area contributed by atoms with E-state index in [-0.39, 0.29) is 25.1 Å². The number of ether oxygens (including phenoxy) is 2. The van der Waals surface area contributed by atoms with Crippen LogP contribution in [-0.4, -0.2) is 39.3 Å². The van der Waals surface area contributed by atoms with Crippen LogP contribution in [0.15, 0.2) is 24.3 Å². The smallest absolute Gasteiger partial charge is 0.234 e. The van der Waals surface area contributed by atoms with Gasteiger partial charge in [-0.1, -0.05) is 12.1 Å². The molecule has 1 aromatic carbocycles. The molecule has 0 aliphatic carbocycles. The Balaban J connectivity index is 2.36. The van der Waals surface area contributed by atoms with Crippen LogP contribution in [0.3, 0.4) is 0 Å². The minimum absolute atomic E-state index is 0.0365. The molecule has 0 saturated carbocycles. The molecule has 1 atom stereocenters. The zero-order valence-corrected chi connectivity index (χ0v) is 12.4. The predicted molar refractivity (Wildman–Crippen MR) is 78.9 cm³/mol. The van der Waals surface area contributed by atoms with Gasteiger partial charge in [-0.15, -0.1) is 0 Å². The largest absolute Gasteiger partial charge is 0.479 e. The molecule has 0 aliphatic heterocycles. The summed E-state index contributed by atoms with van der Waals surface area (Å²) in [5.74, 6) is 0.595. The van der Waals surface area contributed by atoms with Crippen LogP contribution in [0.2, 0.25) is 0 Å². The van der Waals surface area contributed by atoms with Gasteiger partial charge in [-0.3, -0.25) is 4.79 Å². The molecule has 0 heterocycles. The Kier molecular flexibility index (Phi) is 7.87. The zero-order chi connectivity index (χ0) is 15.5.